The van der Waals surface area contributed by atoms with E-state index in [4.69, 9.17) is 9.47 Å². The summed E-state index contributed by atoms with van der Waals surface area (Å²) in [6.45, 7) is 3.76. The van der Waals surface area contributed by atoms with Crippen LogP contribution in [-0.4, -0.2) is 43.4 Å². The van der Waals surface area contributed by atoms with Crippen molar-refractivity contribution < 1.29 is 23.5 Å². The molecule has 0 bridgehead atoms. The first-order chi connectivity index (χ1) is 13.4. The van der Waals surface area contributed by atoms with Crippen LogP contribution in [0, 0.1) is 5.82 Å². The minimum Gasteiger partial charge on any atom is -0.435 e. The molecule has 2 aromatic carbocycles. The molecule has 2 rings (SSSR count). The van der Waals surface area contributed by atoms with Crippen molar-refractivity contribution in [1.82, 2.24) is 4.90 Å². The third-order valence-corrected chi connectivity index (χ3v) is 4.39. The monoisotopic (exact) mass is 452 g/mol. The molecule has 0 aliphatic carbocycles. The number of nitrogens with zero attached hydrogens (tertiary/aromatic N) is 2. The molecule has 150 valence electrons. The second kappa shape index (κ2) is 10.7. The minimum absolute atomic E-state index is 0.195. The molecule has 0 aromatic heterocycles. The van der Waals surface area contributed by atoms with Crippen LogP contribution in [-0.2, 0) is 14.3 Å². The van der Waals surface area contributed by atoms with Crippen molar-refractivity contribution in [3.8, 4) is 0 Å². The number of carbonyl (C=O) groups is 2. The van der Waals surface area contributed by atoms with Crippen LogP contribution in [0.3, 0.4) is 0 Å². The maximum absolute atomic E-state index is 13.3. The van der Waals surface area contributed by atoms with Gasteiger partial charge < -0.3 is 19.3 Å². The number of ether oxygens (including phenoxy) is 2. The van der Waals surface area contributed by atoms with Gasteiger partial charge in [0.25, 0.3) is 0 Å². The highest BCUT2D eigenvalue weighted by Gasteiger charge is 2.16. The molecule has 2 aromatic rings. The first-order valence-corrected chi connectivity index (χ1v) is 9.53. The molecule has 6 nitrogen and oxygen atoms in total. The molecule has 0 unspecified atom stereocenters. The quantitative estimate of drug-likeness (QED) is 0.428. The Labute approximate surface area is 172 Å². The molecule has 0 spiro atoms. The lowest BCUT2D eigenvalue weighted by atomic mass is 10.2. The Hall–Kier alpha value is -2.61. The van der Waals surface area contributed by atoms with Crippen molar-refractivity contribution in [1.29, 1.82) is 0 Å². The third-order valence-electron chi connectivity index (χ3n) is 3.90. The van der Waals surface area contributed by atoms with Crippen molar-refractivity contribution in [2.45, 2.75) is 13.8 Å². The maximum atomic E-state index is 13.3. The Bertz CT molecular complexity index is 801. The molecule has 0 saturated heterocycles. The Morgan fingerprint density at radius 3 is 2.36 bits per heavy atom. The van der Waals surface area contributed by atoms with Gasteiger partial charge in [-0.2, -0.15) is 0 Å². The summed E-state index contributed by atoms with van der Waals surface area (Å²) in [5, 5.41) is 0. The molecule has 28 heavy (non-hydrogen) atoms. The van der Waals surface area contributed by atoms with E-state index >= 15 is 0 Å². The van der Waals surface area contributed by atoms with Gasteiger partial charge in [-0.25, -0.2) is 9.18 Å². The molecule has 0 aliphatic heterocycles. The van der Waals surface area contributed by atoms with Gasteiger partial charge in [0.2, 0.25) is 5.91 Å². The molecular formula is C20H22BrFN2O4. The van der Waals surface area contributed by atoms with Gasteiger partial charge in [-0.15, -0.1) is 0 Å². The molecule has 0 radical (unpaired) electrons. The third kappa shape index (κ3) is 6.53. The molecule has 0 atom stereocenters. The van der Waals surface area contributed by atoms with Gasteiger partial charge in [0.05, 0.1) is 6.61 Å². The summed E-state index contributed by atoms with van der Waals surface area (Å²) in [6.07, 6.45) is -0.823. The second-order valence-electron chi connectivity index (χ2n) is 5.85. The lowest BCUT2D eigenvalue weighted by molar-refractivity contribution is -0.132. The van der Waals surface area contributed by atoms with Crippen LogP contribution in [0.1, 0.15) is 13.8 Å². The smallest absolute Gasteiger partial charge is 0.435 e. The Balaban J connectivity index is 2.15. The van der Waals surface area contributed by atoms with Crippen molar-refractivity contribution in [2.24, 2.45) is 0 Å². The number of hydrogen-bond donors (Lipinski definition) is 0. The Kier molecular flexibility index (Phi) is 8.25. The van der Waals surface area contributed by atoms with E-state index in [0.29, 0.717) is 13.1 Å². The fourth-order valence-corrected chi connectivity index (χ4v) is 2.88. The minimum atomic E-state index is -0.823. The van der Waals surface area contributed by atoms with Crippen LogP contribution in [0.4, 0.5) is 20.6 Å². The molecule has 0 fully saturated rings. The van der Waals surface area contributed by atoms with Crippen molar-refractivity contribution in [3.63, 3.8) is 0 Å². The number of hydrogen-bond acceptors (Lipinski definition) is 5. The first-order valence-electron chi connectivity index (χ1n) is 8.74. The molecule has 0 heterocycles. The van der Waals surface area contributed by atoms with Gasteiger partial charge in [0.1, 0.15) is 5.82 Å². The van der Waals surface area contributed by atoms with Crippen LogP contribution in [0.25, 0.3) is 0 Å². The van der Waals surface area contributed by atoms with E-state index in [-0.39, 0.29) is 25.1 Å². The highest BCUT2D eigenvalue weighted by atomic mass is 79.9. The van der Waals surface area contributed by atoms with Crippen LogP contribution in [0.5, 0.6) is 0 Å². The van der Waals surface area contributed by atoms with Gasteiger partial charge in [-0.1, -0.05) is 22.0 Å². The summed E-state index contributed by atoms with van der Waals surface area (Å²) in [5.74, 6) is -0.566. The molecule has 8 heteroatoms. The van der Waals surface area contributed by atoms with Gasteiger partial charge in [-0.3, -0.25) is 4.79 Å². The van der Waals surface area contributed by atoms with Gasteiger partial charge in [-0.05, 0) is 49.4 Å². The van der Waals surface area contributed by atoms with E-state index in [9.17, 15) is 14.0 Å². The van der Waals surface area contributed by atoms with E-state index in [1.54, 1.807) is 19.1 Å². The van der Waals surface area contributed by atoms with Crippen LogP contribution >= 0.6 is 15.9 Å². The van der Waals surface area contributed by atoms with E-state index in [1.165, 1.54) is 24.0 Å². The largest absolute Gasteiger partial charge is 0.509 e. The fourth-order valence-electron chi connectivity index (χ4n) is 2.50. The van der Waals surface area contributed by atoms with Gasteiger partial charge >= 0.3 is 6.16 Å². The van der Waals surface area contributed by atoms with E-state index in [2.05, 4.69) is 15.9 Å². The molecule has 0 aliphatic rings. The van der Waals surface area contributed by atoms with E-state index in [1.807, 2.05) is 29.2 Å². The first kappa shape index (κ1) is 21.7. The summed E-state index contributed by atoms with van der Waals surface area (Å²) >= 11 is 3.45. The highest BCUT2D eigenvalue weighted by Crippen LogP contribution is 2.27. The number of benzene rings is 2. The standard InChI is InChI=1S/C20H22BrFN2O4/c1-3-27-20(26)28-14-23(15(2)25)11-12-24(18-9-7-17(22)8-10-18)19-6-4-5-16(21)13-19/h4-10,13H,3,11-12,14H2,1-2H3. The van der Waals surface area contributed by atoms with Crippen LogP contribution in [0.2, 0.25) is 0 Å². The average molecular weight is 453 g/mol. The topological polar surface area (TPSA) is 59.1 Å². The lowest BCUT2D eigenvalue weighted by Gasteiger charge is -2.29. The summed E-state index contributed by atoms with van der Waals surface area (Å²) in [7, 11) is 0. The predicted octanol–water partition coefficient (Wildman–Crippen LogP) is 4.71. The molecule has 0 saturated carbocycles. The van der Waals surface area contributed by atoms with E-state index in [0.717, 1.165) is 15.8 Å². The SMILES string of the molecule is CCOC(=O)OCN(CCN(c1ccc(F)cc1)c1cccc(Br)c1)C(C)=O. The summed E-state index contributed by atoms with van der Waals surface area (Å²) in [5.41, 5.74) is 1.64. The number of halogens is 2. The summed E-state index contributed by atoms with van der Waals surface area (Å²) < 4.78 is 23.9. The molecular weight excluding hydrogens is 431 g/mol. The second-order valence-corrected chi connectivity index (χ2v) is 6.76. The van der Waals surface area contributed by atoms with Gasteiger partial charge in [0.15, 0.2) is 6.73 Å². The fraction of sp³-hybridized carbons (Fsp3) is 0.300. The molecule has 1 amide bonds. The van der Waals surface area contributed by atoms with E-state index < -0.39 is 6.16 Å². The zero-order valence-electron chi connectivity index (χ0n) is 15.7. The van der Waals surface area contributed by atoms with Crippen LogP contribution < -0.4 is 4.90 Å². The number of rotatable bonds is 8. The number of amides is 1. The van der Waals surface area contributed by atoms with Crippen molar-refractivity contribution >= 4 is 39.4 Å². The van der Waals surface area contributed by atoms with Crippen molar-refractivity contribution in [2.75, 3.05) is 31.3 Å². The zero-order chi connectivity index (χ0) is 20.5. The number of carbonyl (C=O) groups excluding carboxylic acids is 2. The zero-order valence-corrected chi connectivity index (χ0v) is 17.3. The normalized spacial score (nSPS) is 10.3. The van der Waals surface area contributed by atoms with Crippen LogP contribution in [0.15, 0.2) is 53.0 Å². The average Bonchev–Trinajstić information content (AvgIpc) is 2.65. The molecule has 0 N–H and O–H groups in total. The Morgan fingerprint density at radius 1 is 1.04 bits per heavy atom. The highest BCUT2D eigenvalue weighted by molar-refractivity contribution is 9.10. The predicted molar refractivity (Wildman–Crippen MR) is 108 cm³/mol. The number of anilines is 2. The van der Waals surface area contributed by atoms with Gasteiger partial charge in [0, 0.05) is 35.9 Å². The lowest BCUT2D eigenvalue weighted by Crippen LogP contribution is -2.38. The summed E-state index contributed by atoms with van der Waals surface area (Å²) in [4.78, 5) is 26.6. The van der Waals surface area contributed by atoms with Crippen molar-refractivity contribution in [3.05, 3.63) is 58.8 Å². The Morgan fingerprint density at radius 2 is 1.75 bits per heavy atom. The summed E-state index contributed by atoms with van der Waals surface area (Å²) in [6, 6.07) is 13.7. The maximum Gasteiger partial charge on any atom is 0.509 e.